The van der Waals surface area contributed by atoms with Crippen LogP contribution in [0.2, 0.25) is 0 Å². The maximum absolute atomic E-state index is 11.9. The van der Waals surface area contributed by atoms with E-state index in [1.165, 1.54) is 0 Å². The van der Waals surface area contributed by atoms with Gasteiger partial charge in [-0.25, -0.2) is 0 Å². The predicted octanol–water partition coefficient (Wildman–Crippen LogP) is 1.27. The molecule has 1 aliphatic heterocycles. The van der Waals surface area contributed by atoms with Crippen molar-refractivity contribution in [3.05, 3.63) is 35.9 Å². The van der Waals surface area contributed by atoms with Gasteiger partial charge in [0.25, 0.3) is 0 Å². The number of nitrogens with one attached hydrogen (secondary N) is 1. The molecule has 0 spiro atoms. The molecule has 0 radical (unpaired) electrons. The van der Waals surface area contributed by atoms with E-state index < -0.39 is 0 Å². The number of ether oxygens (including phenoxy) is 1. The van der Waals surface area contributed by atoms with E-state index in [1.807, 2.05) is 37.3 Å². The van der Waals surface area contributed by atoms with Crippen molar-refractivity contribution in [3.8, 4) is 0 Å². The van der Waals surface area contributed by atoms with E-state index in [-0.39, 0.29) is 11.9 Å². The highest BCUT2D eigenvalue weighted by Crippen LogP contribution is 2.09. The Labute approximate surface area is 114 Å². The van der Waals surface area contributed by atoms with Crippen molar-refractivity contribution in [1.82, 2.24) is 10.2 Å². The van der Waals surface area contributed by atoms with Crippen LogP contribution in [-0.2, 0) is 16.1 Å². The first-order valence-electron chi connectivity index (χ1n) is 6.78. The van der Waals surface area contributed by atoms with Gasteiger partial charge in [-0.15, -0.1) is 0 Å². The maximum Gasteiger partial charge on any atom is 0.310 e. The van der Waals surface area contributed by atoms with Crippen LogP contribution in [0.15, 0.2) is 30.3 Å². The lowest BCUT2D eigenvalue weighted by molar-refractivity contribution is -0.150. The Morgan fingerprint density at radius 2 is 2.11 bits per heavy atom. The minimum atomic E-state index is -0.122. The molecule has 0 amide bonds. The fourth-order valence-electron chi connectivity index (χ4n) is 2.11. The molecule has 2 rings (SSSR count). The van der Waals surface area contributed by atoms with Crippen molar-refractivity contribution in [2.75, 3.05) is 26.7 Å². The summed E-state index contributed by atoms with van der Waals surface area (Å²) in [6, 6.07) is 10.3. The average molecular weight is 262 g/mol. The number of benzene rings is 1. The molecule has 0 aromatic heterocycles. The number of hydrogen-bond acceptors (Lipinski definition) is 4. The molecule has 1 fully saturated rings. The van der Waals surface area contributed by atoms with Crippen molar-refractivity contribution in [2.24, 2.45) is 5.92 Å². The second kappa shape index (κ2) is 6.68. The number of likely N-dealkylation sites (N-methyl/N-ethyl adjacent to an activating group) is 1. The molecule has 1 aromatic carbocycles. The number of carbonyl (C=O) groups is 1. The van der Waals surface area contributed by atoms with E-state index in [0.717, 1.165) is 25.2 Å². The van der Waals surface area contributed by atoms with Gasteiger partial charge in [0.2, 0.25) is 0 Å². The van der Waals surface area contributed by atoms with Crippen LogP contribution in [0.1, 0.15) is 12.5 Å². The van der Waals surface area contributed by atoms with E-state index in [1.54, 1.807) is 0 Å². The van der Waals surface area contributed by atoms with Gasteiger partial charge < -0.3 is 15.0 Å². The summed E-state index contributed by atoms with van der Waals surface area (Å²) in [5, 5.41) is 3.23. The standard InChI is InChI=1S/C15H22N2O2/c1-12(10-17(2)14-8-16-9-14)15(18)19-11-13-6-4-3-5-7-13/h3-7,12,14,16H,8-11H2,1-2H3. The molecule has 0 aliphatic carbocycles. The van der Waals surface area contributed by atoms with Crippen LogP contribution in [0.25, 0.3) is 0 Å². The predicted molar refractivity (Wildman–Crippen MR) is 74.7 cm³/mol. The molecule has 1 aromatic rings. The minimum absolute atomic E-state index is 0.0886. The molecule has 4 heteroatoms. The van der Waals surface area contributed by atoms with E-state index in [0.29, 0.717) is 12.6 Å². The van der Waals surface area contributed by atoms with E-state index >= 15 is 0 Å². The van der Waals surface area contributed by atoms with Crippen molar-refractivity contribution < 1.29 is 9.53 Å². The second-order valence-corrected chi connectivity index (χ2v) is 5.25. The summed E-state index contributed by atoms with van der Waals surface area (Å²) < 4.78 is 5.34. The van der Waals surface area contributed by atoms with Crippen LogP contribution >= 0.6 is 0 Å². The molecule has 1 atom stereocenters. The smallest absolute Gasteiger partial charge is 0.310 e. The minimum Gasteiger partial charge on any atom is -0.461 e. The summed E-state index contributed by atoms with van der Waals surface area (Å²) in [7, 11) is 2.06. The molecular weight excluding hydrogens is 240 g/mol. The Morgan fingerprint density at radius 1 is 1.42 bits per heavy atom. The Hall–Kier alpha value is -1.39. The summed E-state index contributed by atoms with van der Waals surface area (Å²) >= 11 is 0. The second-order valence-electron chi connectivity index (χ2n) is 5.25. The fraction of sp³-hybridized carbons (Fsp3) is 0.533. The first-order chi connectivity index (χ1) is 9.16. The van der Waals surface area contributed by atoms with Crippen molar-refractivity contribution in [2.45, 2.75) is 19.6 Å². The zero-order valence-electron chi connectivity index (χ0n) is 11.6. The lowest BCUT2D eigenvalue weighted by Gasteiger charge is -2.36. The first kappa shape index (κ1) is 14.0. The number of hydrogen-bond donors (Lipinski definition) is 1. The summed E-state index contributed by atoms with van der Waals surface area (Å²) in [5.41, 5.74) is 1.03. The molecule has 1 saturated heterocycles. The molecule has 0 saturated carbocycles. The Bertz CT molecular complexity index is 404. The number of carbonyl (C=O) groups excluding carboxylic acids is 1. The highest BCUT2D eigenvalue weighted by atomic mass is 16.5. The molecule has 1 unspecified atom stereocenters. The van der Waals surface area contributed by atoms with Crippen LogP contribution in [0.5, 0.6) is 0 Å². The summed E-state index contributed by atoms with van der Waals surface area (Å²) in [6.07, 6.45) is 0. The molecule has 1 N–H and O–H groups in total. The van der Waals surface area contributed by atoms with Gasteiger partial charge in [-0.05, 0) is 12.6 Å². The Kier molecular flexibility index (Phi) is 4.93. The van der Waals surface area contributed by atoms with Crippen LogP contribution in [-0.4, -0.2) is 43.6 Å². The average Bonchev–Trinajstić information content (AvgIpc) is 2.34. The number of rotatable bonds is 6. The number of esters is 1. The van der Waals surface area contributed by atoms with Crippen molar-refractivity contribution in [3.63, 3.8) is 0 Å². The van der Waals surface area contributed by atoms with E-state index in [2.05, 4.69) is 17.3 Å². The SMILES string of the molecule is CC(CN(C)C1CNC1)C(=O)OCc1ccccc1. The Balaban J connectivity index is 1.72. The third-order valence-electron chi connectivity index (χ3n) is 3.57. The molecule has 1 heterocycles. The topological polar surface area (TPSA) is 41.6 Å². The highest BCUT2D eigenvalue weighted by Gasteiger charge is 2.25. The zero-order chi connectivity index (χ0) is 13.7. The lowest BCUT2D eigenvalue weighted by atomic mass is 10.1. The van der Waals surface area contributed by atoms with Gasteiger partial charge in [0.15, 0.2) is 0 Å². The van der Waals surface area contributed by atoms with Gasteiger partial charge in [-0.1, -0.05) is 37.3 Å². The van der Waals surface area contributed by atoms with Crippen LogP contribution in [0, 0.1) is 5.92 Å². The molecular formula is C15H22N2O2. The van der Waals surface area contributed by atoms with Gasteiger partial charge in [0.05, 0.1) is 5.92 Å². The van der Waals surface area contributed by atoms with Gasteiger partial charge in [-0.3, -0.25) is 4.79 Å². The van der Waals surface area contributed by atoms with Crippen molar-refractivity contribution >= 4 is 5.97 Å². The first-order valence-corrected chi connectivity index (χ1v) is 6.78. The molecule has 104 valence electrons. The van der Waals surface area contributed by atoms with Crippen LogP contribution in [0.4, 0.5) is 0 Å². The van der Waals surface area contributed by atoms with Gasteiger partial charge in [0, 0.05) is 25.7 Å². The quantitative estimate of drug-likeness (QED) is 0.784. The van der Waals surface area contributed by atoms with Gasteiger partial charge >= 0.3 is 5.97 Å². The monoisotopic (exact) mass is 262 g/mol. The lowest BCUT2D eigenvalue weighted by Crippen LogP contribution is -2.56. The van der Waals surface area contributed by atoms with Crippen LogP contribution in [0.3, 0.4) is 0 Å². The molecule has 0 bridgehead atoms. The molecule has 4 nitrogen and oxygen atoms in total. The normalized spacial score (nSPS) is 17.0. The fourth-order valence-corrected chi connectivity index (χ4v) is 2.11. The Morgan fingerprint density at radius 3 is 2.68 bits per heavy atom. The summed E-state index contributed by atoms with van der Waals surface area (Å²) in [6.45, 7) is 5.07. The largest absolute Gasteiger partial charge is 0.461 e. The van der Waals surface area contributed by atoms with E-state index in [9.17, 15) is 4.79 Å². The maximum atomic E-state index is 11.9. The molecule has 1 aliphatic rings. The molecule has 19 heavy (non-hydrogen) atoms. The third-order valence-corrected chi connectivity index (χ3v) is 3.57. The highest BCUT2D eigenvalue weighted by molar-refractivity contribution is 5.72. The van der Waals surface area contributed by atoms with E-state index in [4.69, 9.17) is 4.74 Å². The van der Waals surface area contributed by atoms with Gasteiger partial charge in [-0.2, -0.15) is 0 Å². The third kappa shape index (κ3) is 4.04. The number of nitrogens with zero attached hydrogens (tertiary/aromatic N) is 1. The van der Waals surface area contributed by atoms with Crippen molar-refractivity contribution in [1.29, 1.82) is 0 Å². The summed E-state index contributed by atoms with van der Waals surface area (Å²) in [4.78, 5) is 14.1. The zero-order valence-corrected chi connectivity index (χ0v) is 11.6. The summed E-state index contributed by atoms with van der Waals surface area (Å²) in [5.74, 6) is -0.211. The van der Waals surface area contributed by atoms with Crippen LogP contribution < -0.4 is 5.32 Å². The van der Waals surface area contributed by atoms with Gasteiger partial charge in [0.1, 0.15) is 6.61 Å².